The van der Waals surface area contributed by atoms with E-state index in [0.29, 0.717) is 27.1 Å². The van der Waals surface area contributed by atoms with Gasteiger partial charge in [0.2, 0.25) is 9.84 Å². The third-order valence-electron chi connectivity index (χ3n) is 4.59. The molecule has 3 aromatic carbocycles. The highest BCUT2D eigenvalue weighted by atomic mass is 35.5. The van der Waals surface area contributed by atoms with Crippen LogP contribution in [0.15, 0.2) is 87.4 Å². The summed E-state index contributed by atoms with van der Waals surface area (Å²) in [7, 11) is -4.06. The van der Waals surface area contributed by atoms with E-state index in [1.807, 2.05) is 13.0 Å². The Morgan fingerprint density at radius 2 is 1.57 bits per heavy atom. The van der Waals surface area contributed by atoms with Gasteiger partial charge in [0.15, 0.2) is 0 Å². The van der Waals surface area contributed by atoms with Gasteiger partial charge in [-0.1, -0.05) is 59.6 Å². The molecule has 1 N–H and O–H groups in total. The molecule has 0 fully saturated rings. The lowest BCUT2D eigenvalue weighted by Gasteiger charge is -2.14. The molecular formula is C22H16ClNO3S. The zero-order valence-electron chi connectivity index (χ0n) is 14.9. The quantitative estimate of drug-likeness (QED) is 0.518. The summed E-state index contributed by atoms with van der Waals surface area (Å²) < 4.78 is 26.9. The molecular weight excluding hydrogens is 394 g/mol. The zero-order valence-corrected chi connectivity index (χ0v) is 16.5. The van der Waals surface area contributed by atoms with Gasteiger partial charge in [0.25, 0.3) is 5.56 Å². The molecule has 28 heavy (non-hydrogen) atoms. The number of benzene rings is 3. The minimum absolute atomic E-state index is 0.0714. The van der Waals surface area contributed by atoms with Crippen molar-refractivity contribution in [1.29, 1.82) is 0 Å². The van der Waals surface area contributed by atoms with Crippen molar-refractivity contribution in [1.82, 2.24) is 4.98 Å². The summed E-state index contributed by atoms with van der Waals surface area (Å²) >= 11 is 6.18. The summed E-state index contributed by atoms with van der Waals surface area (Å²) in [5.74, 6) is 0. The van der Waals surface area contributed by atoms with E-state index in [4.69, 9.17) is 11.6 Å². The van der Waals surface area contributed by atoms with E-state index in [1.54, 1.807) is 54.6 Å². The minimum atomic E-state index is -4.06. The number of rotatable bonds is 3. The molecule has 0 aliphatic carbocycles. The Bertz CT molecular complexity index is 1340. The number of nitrogens with one attached hydrogen (secondary N) is 1. The van der Waals surface area contributed by atoms with Crippen molar-refractivity contribution in [3.63, 3.8) is 0 Å². The average Bonchev–Trinajstić information content (AvgIpc) is 2.68. The molecule has 0 atom stereocenters. The summed E-state index contributed by atoms with van der Waals surface area (Å²) in [6, 6.07) is 20.4. The monoisotopic (exact) mass is 409 g/mol. The first kappa shape index (κ1) is 18.5. The van der Waals surface area contributed by atoms with Crippen LogP contribution in [0.5, 0.6) is 0 Å². The fourth-order valence-corrected chi connectivity index (χ4v) is 4.92. The molecule has 0 radical (unpaired) electrons. The third-order valence-corrected chi connectivity index (χ3v) is 6.65. The maximum Gasteiger partial charge on any atom is 0.268 e. The first-order chi connectivity index (χ1) is 13.4. The largest absolute Gasteiger partial charge is 0.321 e. The number of aromatic amines is 1. The number of H-pyrrole nitrogens is 1. The van der Waals surface area contributed by atoms with E-state index in [9.17, 15) is 13.2 Å². The highest BCUT2D eigenvalue weighted by molar-refractivity contribution is 7.91. The first-order valence-electron chi connectivity index (χ1n) is 8.60. The molecule has 0 amide bonds. The van der Waals surface area contributed by atoms with Crippen LogP contribution in [0.1, 0.15) is 5.56 Å². The molecule has 4 aromatic rings. The molecule has 0 aliphatic heterocycles. The lowest BCUT2D eigenvalue weighted by atomic mass is 10.0. The van der Waals surface area contributed by atoms with E-state index in [-0.39, 0.29) is 9.79 Å². The summed E-state index contributed by atoms with van der Waals surface area (Å²) in [5, 5.41) is 1.03. The van der Waals surface area contributed by atoms with Gasteiger partial charge in [0.1, 0.15) is 4.90 Å². The van der Waals surface area contributed by atoms with Crippen molar-refractivity contribution in [3.8, 4) is 11.1 Å². The van der Waals surface area contributed by atoms with Crippen LogP contribution in [0.25, 0.3) is 22.0 Å². The highest BCUT2D eigenvalue weighted by Crippen LogP contribution is 2.35. The van der Waals surface area contributed by atoms with E-state index in [2.05, 4.69) is 4.98 Å². The minimum Gasteiger partial charge on any atom is -0.321 e. The SMILES string of the molecule is Cc1ccc(S(=O)(=O)c2c(-c3ccccc3)c3cc(Cl)ccc3[nH]c2=O)cc1. The molecule has 0 bridgehead atoms. The maximum atomic E-state index is 13.4. The van der Waals surface area contributed by atoms with Crippen molar-refractivity contribution in [3.05, 3.63) is 93.7 Å². The first-order valence-corrected chi connectivity index (χ1v) is 10.5. The normalized spacial score (nSPS) is 11.6. The Balaban J connectivity index is 2.15. The number of sulfone groups is 1. The molecule has 140 valence electrons. The van der Waals surface area contributed by atoms with E-state index >= 15 is 0 Å². The third kappa shape index (κ3) is 3.13. The van der Waals surface area contributed by atoms with Crippen molar-refractivity contribution in [2.45, 2.75) is 16.7 Å². The fourth-order valence-electron chi connectivity index (χ4n) is 3.23. The van der Waals surface area contributed by atoms with Crippen LogP contribution in [0.4, 0.5) is 0 Å². The van der Waals surface area contributed by atoms with Crippen LogP contribution in [0.3, 0.4) is 0 Å². The van der Waals surface area contributed by atoms with Crippen LogP contribution >= 0.6 is 11.6 Å². The Morgan fingerprint density at radius 1 is 0.893 bits per heavy atom. The van der Waals surface area contributed by atoms with Gasteiger partial charge in [-0.05, 0) is 42.8 Å². The van der Waals surface area contributed by atoms with Gasteiger partial charge >= 0.3 is 0 Å². The highest BCUT2D eigenvalue weighted by Gasteiger charge is 2.28. The lowest BCUT2D eigenvalue weighted by molar-refractivity contribution is 0.595. The van der Waals surface area contributed by atoms with Crippen LogP contribution in [-0.4, -0.2) is 13.4 Å². The van der Waals surface area contributed by atoms with E-state index in [0.717, 1.165) is 5.56 Å². The predicted octanol–water partition coefficient (Wildman–Crippen LogP) is 4.99. The maximum absolute atomic E-state index is 13.4. The van der Waals surface area contributed by atoms with Crippen molar-refractivity contribution >= 4 is 32.3 Å². The molecule has 1 heterocycles. The number of pyridine rings is 1. The second-order valence-corrected chi connectivity index (χ2v) is 8.85. The number of fused-ring (bicyclic) bond motifs is 1. The van der Waals surface area contributed by atoms with Gasteiger partial charge in [0, 0.05) is 21.5 Å². The van der Waals surface area contributed by atoms with Gasteiger partial charge in [0.05, 0.1) is 4.90 Å². The number of aryl methyl sites for hydroxylation is 1. The van der Waals surface area contributed by atoms with Gasteiger partial charge < -0.3 is 4.98 Å². The van der Waals surface area contributed by atoms with Crippen molar-refractivity contribution < 1.29 is 8.42 Å². The van der Waals surface area contributed by atoms with Crippen molar-refractivity contribution in [2.24, 2.45) is 0 Å². The summed E-state index contributed by atoms with van der Waals surface area (Å²) in [6.45, 7) is 1.87. The molecule has 0 spiro atoms. The summed E-state index contributed by atoms with van der Waals surface area (Å²) in [4.78, 5) is 15.4. The Hall–Kier alpha value is -2.89. The van der Waals surface area contributed by atoms with Crippen LogP contribution in [0.2, 0.25) is 5.02 Å². The number of hydrogen-bond acceptors (Lipinski definition) is 3. The molecule has 0 aliphatic rings. The van der Waals surface area contributed by atoms with E-state index in [1.165, 1.54) is 12.1 Å². The molecule has 0 saturated carbocycles. The standard InChI is InChI=1S/C22H16ClNO3S/c1-14-7-10-17(11-8-14)28(26,27)21-20(15-5-3-2-4-6-15)18-13-16(23)9-12-19(18)24-22(21)25/h2-13H,1H3,(H,24,25). The van der Waals surface area contributed by atoms with Crippen molar-refractivity contribution in [2.75, 3.05) is 0 Å². The Kier molecular flexibility index (Phi) is 4.57. The smallest absolute Gasteiger partial charge is 0.268 e. The number of hydrogen-bond donors (Lipinski definition) is 1. The number of halogens is 1. The van der Waals surface area contributed by atoms with Gasteiger partial charge in [-0.3, -0.25) is 4.79 Å². The second-order valence-electron chi connectivity index (χ2n) is 6.53. The Morgan fingerprint density at radius 3 is 2.25 bits per heavy atom. The van der Waals surface area contributed by atoms with Crippen LogP contribution < -0.4 is 5.56 Å². The topological polar surface area (TPSA) is 67.0 Å². The summed E-state index contributed by atoms with van der Waals surface area (Å²) in [6.07, 6.45) is 0. The molecule has 1 aromatic heterocycles. The number of aromatic nitrogens is 1. The van der Waals surface area contributed by atoms with Gasteiger partial charge in [-0.25, -0.2) is 8.42 Å². The molecule has 0 unspecified atom stereocenters. The van der Waals surface area contributed by atoms with Gasteiger partial charge in [-0.15, -0.1) is 0 Å². The summed E-state index contributed by atoms with van der Waals surface area (Å²) in [5.41, 5.74) is 1.78. The lowest BCUT2D eigenvalue weighted by Crippen LogP contribution is -2.20. The van der Waals surface area contributed by atoms with Gasteiger partial charge in [-0.2, -0.15) is 0 Å². The molecule has 0 saturated heterocycles. The molecule has 4 rings (SSSR count). The van der Waals surface area contributed by atoms with Crippen LogP contribution in [0, 0.1) is 6.92 Å². The predicted molar refractivity (Wildman–Crippen MR) is 112 cm³/mol. The fraction of sp³-hybridized carbons (Fsp3) is 0.0455. The zero-order chi connectivity index (χ0) is 19.9. The average molecular weight is 410 g/mol. The van der Waals surface area contributed by atoms with E-state index < -0.39 is 15.4 Å². The molecule has 6 heteroatoms. The van der Waals surface area contributed by atoms with Crippen LogP contribution in [-0.2, 0) is 9.84 Å². The molecule has 4 nitrogen and oxygen atoms in total. The Labute approximate surface area is 167 Å². The second kappa shape index (κ2) is 6.93.